The van der Waals surface area contributed by atoms with E-state index in [1.54, 1.807) is 23.7 Å². The molecule has 1 aliphatic heterocycles. The maximum Gasteiger partial charge on any atom is 0.326 e. The quantitative estimate of drug-likeness (QED) is 0.556. The molecule has 2 aromatic carbocycles. The Morgan fingerprint density at radius 1 is 1.08 bits per heavy atom. The standard InChI is InChI=1S/C20H18N4O2/c1-23-18-7-6-12(10-16(18)22-20(23)26)19(25)24-9-8-14-13-4-2-3-5-15(13)21-17(14)11-24/h2-7,10,21H,8-9,11H2,1H3,(H,22,26). The third-order valence-electron chi connectivity index (χ3n) is 5.32. The SMILES string of the molecule is Cn1c(=O)[nH]c2cc(C(=O)N3CCc4c([nH]c5ccccc45)C3)ccc21. The summed E-state index contributed by atoms with van der Waals surface area (Å²) in [6.45, 7) is 1.27. The number of nitrogens with zero attached hydrogens (tertiary/aromatic N) is 2. The molecule has 0 spiro atoms. The van der Waals surface area contributed by atoms with Crippen molar-refractivity contribution < 1.29 is 4.79 Å². The molecule has 0 aliphatic carbocycles. The van der Waals surface area contributed by atoms with Crippen molar-refractivity contribution in [1.29, 1.82) is 0 Å². The topological polar surface area (TPSA) is 73.9 Å². The van der Waals surface area contributed by atoms with Crippen LogP contribution < -0.4 is 5.69 Å². The van der Waals surface area contributed by atoms with Crippen LogP contribution in [0.3, 0.4) is 0 Å². The lowest BCUT2D eigenvalue weighted by molar-refractivity contribution is 0.0733. The van der Waals surface area contributed by atoms with Gasteiger partial charge in [0.25, 0.3) is 5.91 Å². The Bertz CT molecular complexity index is 1230. The van der Waals surface area contributed by atoms with Gasteiger partial charge in [-0.05, 0) is 36.2 Å². The number of hydrogen-bond donors (Lipinski definition) is 2. The van der Waals surface area contributed by atoms with Gasteiger partial charge in [-0.25, -0.2) is 4.79 Å². The van der Waals surface area contributed by atoms with E-state index in [0.717, 1.165) is 23.1 Å². The van der Waals surface area contributed by atoms with Crippen LogP contribution in [0.5, 0.6) is 0 Å². The second-order valence-corrected chi connectivity index (χ2v) is 6.83. The fraction of sp³-hybridized carbons (Fsp3) is 0.200. The van der Waals surface area contributed by atoms with Gasteiger partial charge in [-0.1, -0.05) is 18.2 Å². The number of aryl methyl sites for hydroxylation is 1. The normalized spacial score (nSPS) is 14.1. The van der Waals surface area contributed by atoms with Gasteiger partial charge in [0.15, 0.2) is 0 Å². The van der Waals surface area contributed by atoms with E-state index in [2.05, 4.69) is 22.1 Å². The number of hydrogen-bond acceptors (Lipinski definition) is 2. The minimum Gasteiger partial charge on any atom is -0.357 e. The summed E-state index contributed by atoms with van der Waals surface area (Å²) in [5.41, 5.74) is 5.45. The molecule has 2 aromatic heterocycles. The first-order valence-electron chi connectivity index (χ1n) is 8.68. The molecule has 3 heterocycles. The van der Waals surface area contributed by atoms with Crippen LogP contribution in [0.4, 0.5) is 0 Å². The number of benzene rings is 2. The molecule has 0 unspecified atom stereocenters. The number of imidazole rings is 1. The first-order valence-corrected chi connectivity index (χ1v) is 8.68. The third kappa shape index (κ3) is 2.12. The highest BCUT2D eigenvalue weighted by molar-refractivity contribution is 5.97. The van der Waals surface area contributed by atoms with Crippen molar-refractivity contribution in [3.8, 4) is 0 Å². The summed E-state index contributed by atoms with van der Waals surface area (Å²) >= 11 is 0. The first-order chi connectivity index (χ1) is 12.6. The number of carbonyl (C=O) groups is 1. The molecular weight excluding hydrogens is 328 g/mol. The van der Waals surface area contributed by atoms with Gasteiger partial charge in [-0.2, -0.15) is 0 Å². The summed E-state index contributed by atoms with van der Waals surface area (Å²) in [5.74, 6) is -0.0130. The Morgan fingerprint density at radius 3 is 2.81 bits per heavy atom. The summed E-state index contributed by atoms with van der Waals surface area (Å²) in [6.07, 6.45) is 0.843. The monoisotopic (exact) mass is 346 g/mol. The van der Waals surface area contributed by atoms with Gasteiger partial charge < -0.3 is 14.9 Å². The van der Waals surface area contributed by atoms with E-state index in [1.165, 1.54) is 10.9 Å². The van der Waals surface area contributed by atoms with Crippen molar-refractivity contribution in [2.75, 3.05) is 6.54 Å². The number of nitrogens with one attached hydrogen (secondary N) is 2. The van der Waals surface area contributed by atoms with Crippen molar-refractivity contribution in [1.82, 2.24) is 19.4 Å². The molecule has 4 aromatic rings. The molecule has 0 atom stereocenters. The van der Waals surface area contributed by atoms with Crippen LogP contribution in [0, 0.1) is 0 Å². The molecule has 0 bridgehead atoms. The minimum absolute atomic E-state index is 0.0130. The van der Waals surface area contributed by atoms with E-state index >= 15 is 0 Å². The Labute approximate surface area is 149 Å². The first kappa shape index (κ1) is 15.0. The van der Waals surface area contributed by atoms with Crippen molar-refractivity contribution in [3.63, 3.8) is 0 Å². The summed E-state index contributed by atoms with van der Waals surface area (Å²) < 4.78 is 1.54. The maximum atomic E-state index is 13.0. The smallest absolute Gasteiger partial charge is 0.326 e. The molecule has 0 saturated heterocycles. The Balaban J connectivity index is 1.48. The summed E-state index contributed by atoms with van der Waals surface area (Å²) in [5, 5.41) is 1.25. The molecule has 0 saturated carbocycles. The lowest BCUT2D eigenvalue weighted by atomic mass is 10.0. The zero-order chi connectivity index (χ0) is 17.8. The second kappa shape index (κ2) is 5.36. The highest BCUT2D eigenvalue weighted by Crippen LogP contribution is 2.28. The summed E-state index contributed by atoms with van der Waals surface area (Å²) in [6, 6.07) is 13.6. The highest BCUT2D eigenvalue weighted by Gasteiger charge is 2.25. The molecular formula is C20H18N4O2. The maximum absolute atomic E-state index is 13.0. The number of rotatable bonds is 1. The number of para-hydroxylation sites is 1. The third-order valence-corrected chi connectivity index (χ3v) is 5.32. The molecule has 0 radical (unpaired) electrons. The number of H-pyrrole nitrogens is 2. The van der Waals surface area contributed by atoms with E-state index in [4.69, 9.17) is 0 Å². The molecule has 5 rings (SSSR count). The van der Waals surface area contributed by atoms with Crippen molar-refractivity contribution in [2.45, 2.75) is 13.0 Å². The Kier molecular flexibility index (Phi) is 3.09. The van der Waals surface area contributed by atoms with Crippen LogP contribution in [0.2, 0.25) is 0 Å². The number of aromatic amines is 2. The number of aromatic nitrogens is 3. The van der Waals surface area contributed by atoms with E-state index in [1.807, 2.05) is 23.1 Å². The number of carbonyl (C=O) groups excluding carboxylic acids is 1. The van der Waals surface area contributed by atoms with Crippen molar-refractivity contribution in [3.05, 3.63) is 69.8 Å². The van der Waals surface area contributed by atoms with Crippen molar-refractivity contribution >= 4 is 27.8 Å². The van der Waals surface area contributed by atoms with Gasteiger partial charge in [0.05, 0.1) is 17.6 Å². The van der Waals surface area contributed by atoms with Gasteiger partial charge in [0.2, 0.25) is 0 Å². The minimum atomic E-state index is -0.176. The van der Waals surface area contributed by atoms with Crippen LogP contribution in [-0.4, -0.2) is 31.9 Å². The van der Waals surface area contributed by atoms with Crippen LogP contribution >= 0.6 is 0 Å². The largest absolute Gasteiger partial charge is 0.357 e. The highest BCUT2D eigenvalue weighted by atomic mass is 16.2. The van der Waals surface area contributed by atoms with Crippen LogP contribution in [-0.2, 0) is 20.0 Å². The van der Waals surface area contributed by atoms with Crippen molar-refractivity contribution in [2.24, 2.45) is 7.05 Å². The van der Waals surface area contributed by atoms with E-state index < -0.39 is 0 Å². The fourth-order valence-corrected chi connectivity index (χ4v) is 3.92. The van der Waals surface area contributed by atoms with E-state index in [0.29, 0.717) is 24.2 Å². The summed E-state index contributed by atoms with van der Waals surface area (Å²) in [4.78, 5) is 32.8. The zero-order valence-electron chi connectivity index (χ0n) is 14.4. The predicted molar refractivity (Wildman–Crippen MR) is 100 cm³/mol. The molecule has 26 heavy (non-hydrogen) atoms. The molecule has 6 heteroatoms. The second-order valence-electron chi connectivity index (χ2n) is 6.83. The van der Waals surface area contributed by atoms with E-state index in [9.17, 15) is 9.59 Å². The number of fused-ring (bicyclic) bond motifs is 4. The molecule has 2 N–H and O–H groups in total. The summed E-state index contributed by atoms with van der Waals surface area (Å²) in [7, 11) is 1.71. The molecule has 1 amide bonds. The number of amides is 1. The Morgan fingerprint density at radius 2 is 1.92 bits per heavy atom. The predicted octanol–water partition coefficient (Wildman–Crippen LogP) is 2.55. The van der Waals surface area contributed by atoms with Crippen LogP contribution in [0.1, 0.15) is 21.6 Å². The average Bonchev–Trinajstić information content (AvgIpc) is 3.17. The molecule has 130 valence electrons. The molecule has 0 fully saturated rings. The van der Waals surface area contributed by atoms with Gasteiger partial charge in [-0.15, -0.1) is 0 Å². The van der Waals surface area contributed by atoms with Gasteiger partial charge >= 0.3 is 5.69 Å². The van der Waals surface area contributed by atoms with Gasteiger partial charge in [-0.3, -0.25) is 9.36 Å². The molecule has 1 aliphatic rings. The molecule has 6 nitrogen and oxygen atoms in total. The lowest BCUT2D eigenvalue weighted by Crippen LogP contribution is -2.35. The lowest BCUT2D eigenvalue weighted by Gasteiger charge is -2.27. The fourth-order valence-electron chi connectivity index (χ4n) is 3.92. The van der Waals surface area contributed by atoms with Gasteiger partial charge in [0.1, 0.15) is 0 Å². The van der Waals surface area contributed by atoms with E-state index in [-0.39, 0.29) is 11.6 Å². The Hall–Kier alpha value is -3.28. The van der Waals surface area contributed by atoms with Crippen LogP contribution in [0.15, 0.2) is 47.3 Å². The average molecular weight is 346 g/mol. The van der Waals surface area contributed by atoms with Gasteiger partial charge in [0, 0.05) is 35.8 Å². The van der Waals surface area contributed by atoms with Crippen LogP contribution in [0.25, 0.3) is 21.9 Å². The zero-order valence-corrected chi connectivity index (χ0v) is 14.4.